The molecule has 18 amide bonds. The third kappa shape index (κ3) is 31.9. The molecule has 660 valence electrons. The first kappa shape index (κ1) is 101. The van der Waals surface area contributed by atoms with E-state index in [0.717, 1.165) is 16.5 Å². The highest BCUT2D eigenvalue weighted by molar-refractivity contribution is 6.04. The topological polar surface area (TPSA) is 602 Å². The van der Waals surface area contributed by atoms with Crippen LogP contribution in [-0.2, 0) is 92.7 Å². The fraction of sp³-hybridized carbons (Fsp3) is 0.675. The van der Waals surface area contributed by atoms with Gasteiger partial charge in [0.1, 0.15) is 81.1 Å². The molecule has 38 nitrogen and oxygen atoms in total. The third-order valence-electron chi connectivity index (χ3n) is 19.9. The number of nitrogens with one attached hydrogen (secondary N) is 16. The fourth-order valence-corrected chi connectivity index (χ4v) is 12.8. The maximum absolute atomic E-state index is 14.8. The predicted molar refractivity (Wildman–Crippen MR) is 437 cm³/mol. The number of aliphatic hydroxyl groups excluding tert-OH is 1. The maximum Gasteiger partial charge on any atom is 0.246 e. The molecule has 38 heteroatoms. The number of fused-ring (bicyclic) bond motifs is 1. The predicted octanol–water partition coefficient (Wildman–Crippen LogP) is -1.26. The SMILES string of the molecule is CC(=O)N[C@@H](Cc1c[nH]c2ccccc12)C(=O)N[C@@H](C)C(=O)NC(C)(C)C(=O)NC1(C(=O)N[C@@H](CC(C)C)C(=O)NC(C)(C)C(=O)N[C@@H](CCC(N)=O)C(=O)NC(C)(C)C(=O)NC(C)(C)C(=O)NC(C)(C)C(=O)N[C@@H](CCC(N)=O)C(=O)N[C@@H](CC(C)C)C(=O)NC(C)(C)C(=O)N[C@@H](CCC(N)=O)C(=O)N[C@H](CO)CC(C)C)CCCCC1. The van der Waals surface area contributed by atoms with Gasteiger partial charge in [-0.15, -0.1) is 0 Å². The number of H-pyrrole nitrogens is 1. The summed E-state index contributed by atoms with van der Waals surface area (Å²) < 4.78 is 0. The quantitative estimate of drug-likeness (QED) is 0.0368. The third-order valence-corrected chi connectivity index (χ3v) is 19.9. The lowest BCUT2D eigenvalue weighted by atomic mass is 9.79. The van der Waals surface area contributed by atoms with Gasteiger partial charge in [0, 0.05) is 49.7 Å². The molecule has 1 fully saturated rings. The Morgan fingerprint density at radius 1 is 0.407 bits per heavy atom. The number of aliphatic hydroxyl groups is 1. The van der Waals surface area contributed by atoms with Crippen molar-refractivity contribution in [3.8, 4) is 0 Å². The summed E-state index contributed by atoms with van der Waals surface area (Å²) in [5.41, 5.74) is 5.10. The molecule has 1 aromatic carbocycles. The van der Waals surface area contributed by atoms with Crippen LogP contribution in [0.1, 0.15) is 234 Å². The van der Waals surface area contributed by atoms with Gasteiger partial charge in [0.2, 0.25) is 106 Å². The van der Waals surface area contributed by atoms with Gasteiger partial charge >= 0.3 is 0 Å². The van der Waals surface area contributed by atoms with Crippen molar-refractivity contribution in [3.63, 3.8) is 0 Å². The fourth-order valence-electron chi connectivity index (χ4n) is 12.8. The number of hydrogen-bond donors (Lipinski definition) is 20. The van der Waals surface area contributed by atoms with Crippen LogP contribution in [0.15, 0.2) is 30.5 Å². The van der Waals surface area contributed by atoms with Gasteiger partial charge in [0.15, 0.2) is 0 Å². The molecular weight excluding hydrogens is 1530 g/mol. The van der Waals surface area contributed by atoms with Crippen LogP contribution in [-0.4, -0.2) is 210 Å². The number of amides is 18. The molecule has 1 heterocycles. The number of carbonyl (C=O) groups excluding carboxylic acids is 18. The van der Waals surface area contributed by atoms with E-state index < -0.39 is 226 Å². The number of benzene rings is 1. The van der Waals surface area contributed by atoms with Crippen molar-refractivity contribution in [1.29, 1.82) is 0 Å². The second-order valence-corrected chi connectivity index (χ2v) is 35.2. The Morgan fingerprint density at radius 3 is 1.19 bits per heavy atom. The lowest BCUT2D eigenvalue weighted by molar-refractivity contribution is -0.142. The molecule has 0 saturated heterocycles. The van der Waals surface area contributed by atoms with Crippen LogP contribution in [0.25, 0.3) is 10.9 Å². The van der Waals surface area contributed by atoms with E-state index >= 15 is 0 Å². The van der Waals surface area contributed by atoms with E-state index in [0.29, 0.717) is 25.7 Å². The molecule has 0 aliphatic heterocycles. The molecule has 118 heavy (non-hydrogen) atoms. The van der Waals surface area contributed by atoms with Gasteiger partial charge in [-0.3, -0.25) is 86.3 Å². The van der Waals surface area contributed by atoms with Crippen LogP contribution in [0, 0.1) is 17.8 Å². The Morgan fingerprint density at radius 2 is 0.771 bits per heavy atom. The summed E-state index contributed by atoms with van der Waals surface area (Å²) in [6.45, 7) is 28.6. The number of carbonyl (C=O) groups is 18. The molecule has 1 aromatic heterocycles. The molecule has 23 N–H and O–H groups in total. The number of hydrogen-bond acceptors (Lipinski definition) is 19. The van der Waals surface area contributed by atoms with Gasteiger partial charge in [0.25, 0.3) is 0 Å². The molecule has 3 rings (SSSR count). The van der Waals surface area contributed by atoms with Gasteiger partial charge < -0.3 is 107 Å². The van der Waals surface area contributed by atoms with E-state index in [1.54, 1.807) is 33.9 Å². The normalized spacial score (nSPS) is 15.3. The van der Waals surface area contributed by atoms with Gasteiger partial charge in [-0.2, -0.15) is 0 Å². The standard InChI is InChI=1S/C80H131N19O19/c1-42(2)36-48(41-100)87-61(106)51(28-31-57(81)102)89-67(112)74(9,10)95-65(110)54(37-43(3)4)88-62(107)52(29-32-58(82)103)90-69(114)76(13,14)97-71(116)79(19,20)98-70(115)77(15,16)94-64(109)53(30-33-59(83)104)91-68(113)75(11,12)96-66(111)55(38-44(5)6)92-73(118)80(34-24-21-25-35-80)99-72(117)78(17,18)93-60(105)45(7)85-63(108)56(86-46(8)101)39-47-40-84-50-27-23-22-26-49(47)50/h22-23,26-27,40,42-45,48,51-56,84,100H,21,24-25,28-39,41H2,1-20H3,(H2,81,102)(H2,82,103)(H2,83,104)(H,85,108)(H,86,101)(H,87,106)(H,88,107)(H,89,112)(H,90,114)(H,91,113)(H,92,118)(H,93,105)(H,94,109)(H,95,110)(H,96,111)(H,97,116)(H,98,115)(H,99,117)/t45-,48-,51-,52-,53-,54-,55-,56-/m0/s1. The van der Waals surface area contributed by atoms with Crippen LogP contribution in [0.4, 0.5) is 0 Å². The number of nitrogens with two attached hydrogens (primary N) is 3. The summed E-state index contributed by atoms with van der Waals surface area (Å²) in [7, 11) is 0. The molecule has 1 aliphatic carbocycles. The van der Waals surface area contributed by atoms with E-state index in [4.69, 9.17) is 17.2 Å². The first-order valence-corrected chi connectivity index (χ1v) is 40.0. The number of primary amides is 3. The second-order valence-electron chi connectivity index (χ2n) is 35.2. The van der Waals surface area contributed by atoms with Crippen molar-refractivity contribution in [2.45, 2.75) is 322 Å². The van der Waals surface area contributed by atoms with E-state index in [9.17, 15) is 91.4 Å². The molecule has 0 bridgehead atoms. The minimum atomic E-state index is -1.94. The molecule has 2 aromatic rings. The molecule has 0 unspecified atom stereocenters. The average Bonchev–Trinajstić information content (AvgIpc) is 0.914. The van der Waals surface area contributed by atoms with Crippen molar-refractivity contribution in [2.24, 2.45) is 35.0 Å². The monoisotopic (exact) mass is 1660 g/mol. The highest BCUT2D eigenvalue weighted by Crippen LogP contribution is 2.31. The van der Waals surface area contributed by atoms with Crippen molar-refractivity contribution in [2.75, 3.05) is 6.61 Å². The summed E-state index contributed by atoms with van der Waals surface area (Å²) >= 11 is 0. The Labute approximate surface area is 690 Å². The zero-order chi connectivity index (χ0) is 90.1. The number of para-hydroxylation sites is 1. The second kappa shape index (κ2) is 43.6. The zero-order valence-corrected chi connectivity index (χ0v) is 72.1. The highest BCUT2D eigenvalue weighted by Gasteiger charge is 2.48. The van der Waals surface area contributed by atoms with Gasteiger partial charge in [-0.25, -0.2) is 0 Å². The van der Waals surface area contributed by atoms with Gasteiger partial charge in [0.05, 0.1) is 12.6 Å². The summed E-state index contributed by atoms with van der Waals surface area (Å²) in [5, 5.41) is 50.0. The molecular formula is C80H131N19O19. The minimum absolute atomic E-state index is 0.0173. The Hall–Kier alpha value is -10.8. The van der Waals surface area contributed by atoms with Crippen molar-refractivity contribution >= 4 is 117 Å². The molecule has 0 spiro atoms. The molecule has 8 atom stereocenters. The Kier molecular flexibility index (Phi) is 37.4. The molecule has 1 saturated carbocycles. The minimum Gasteiger partial charge on any atom is -0.394 e. The van der Waals surface area contributed by atoms with Gasteiger partial charge in [-0.1, -0.05) is 79.0 Å². The van der Waals surface area contributed by atoms with Crippen molar-refractivity contribution in [1.82, 2.24) is 84.7 Å². The number of aromatic amines is 1. The van der Waals surface area contributed by atoms with Crippen molar-refractivity contribution in [3.05, 3.63) is 36.0 Å². The lowest BCUT2D eigenvalue weighted by Gasteiger charge is -2.40. The maximum atomic E-state index is 14.8. The average molecular weight is 1660 g/mol. The van der Waals surface area contributed by atoms with Crippen molar-refractivity contribution < 1.29 is 91.4 Å². The lowest BCUT2D eigenvalue weighted by Crippen LogP contribution is -2.68. The zero-order valence-electron chi connectivity index (χ0n) is 72.1. The van der Waals surface area contributed by atoms with Crippen LogP contribution < -0.4 is 97.0 Å². The van der Waals surface area contributed by atoms with E-state index in [-0.39, 0.29) is 62.7 Å². The molecule has 1 aliphatic rings. The summed E-state index contributed by atoms with van der Waals surface area (Å²) in [6, 6.07) is -2.88. The van der Waals surface area contributed by atoms with Crippen LogP contribution in [0.5, 0.6) is 0 Å². The Balaban J connectivity index is 1.77. The smallest absolute Gasteiger partial charge is 0.246 e. The first-order valence-electron chi connectivity index (χ1n) is 40.0. The largest absolute Gasteiger partial charge is 0.394 e. The van der Waals surface area contributed by atoms with Crippen LogP contribution in [0.2, 0.25) is 0 Å². The first-order chi connectivity index (χ1) is 54.3. The molecule has 0 radical (unpaired) electrons. The van der Waals surface area contributed by atoms with Gasteiger partial charge in [-0.05, 0) is 171 Å². The van der Waals surface area contributed by atoms with E-state index in [1.165, 1.54) is 96.9 Å². The number of rotatable bonds is 47. The summed E-state index contributed by atoms with van der Waals surface area (Å²) in [5.74, 6) is -15.7. The van der Waals surface area contributed by atoms with Crippen LogP contribution in [0.3, 0.4) is 0 Å². The summed E-state index contributed by atoms with van der Waals surface area (Å²) in [6.07, 6.45) is 1.80. The van der Waals surface area contributed by atoms with Crippen LogP contribution >= 0.6 is 0 Å². The summed E-state index contributed by atoms with van der Waals surface area (Å²) in [4.78, 5) is 250. The number of aromatic nitrogens is 1. The van der Waals surface area contributed by atoms with E-state index in [1.807, 2.05) is 38.1 Å². The van der Waals surface area contributed by atoms with E-state index in [2.05, 4.69) is 84.7 Å². The Bertz CT molecular complexity index is 3990. The highest BCUT2D eigenvalue weighted by atomic mass is 16.3.